The van der Waals surface area contributed by atoms with E-state index in [-0.39, 0.29) is 10.6 Å². The van der Waals surface area contributed by atoms with Crippen LogP contribution in [0.5, 0.6) is 0 Å². The molecule has 4 nitrogen and oxygen atoms in total. The normalized spacial score (nSPS) is 32.9. The monoisotopic (exact) mass is 285 g/mol. The molecule has 1 aromatic rings. The van der Waals surface area contributed by atoms with E-state index < -0.39 is 0 Å². The van der Waals surface area contributed by atoms with Crippen molar-refractivity contribution in [3.05, 3.63) is 51.8 Å². The highest BCUT2D eigenvalue weighted by Gasteiger charge is 2.68. The van der Waals surface area contributed by atoms with Crippen LogP contribution in [0.2, 0.25) is 0 Å². The Kier molecular flexibility index (Phi) is 2.81. The molecular weight excluding hydrogens is 266 g/mol. The average molecular weight is 285 g/mol. The molecule has 0 heterocycles. The standard InChI is InChI=1S/C17H19NO3/c19-18(20)13-6-4-12(5-7-13)11-21-15-8-10-17-9-2-1-3-14(17)16(15)17/h4-8,14,16H,1-3,9-11H2/t14-,16+,17+/m0/s1. The zero-order chi connectivity index (χ0) is 14.4. The van der Waals surface area contributed by atoms with Gasteiger partial charge in [0.2, 0.25) is 0 Å². The molecule has 3 aliphatic rings. The van der Waals surface area contributed by atoms with Crippen molar-refractivity contribution >= 4 is 5.69 Å². The van der Waals surface area contributed by atoms with Crippen molar-refractivity contribution in [1.82, 2.24) is 0 Å². The zero-order valence-corrected chi connectivity index (χ0v) is 12.0. The minimum absolute atomic E-state index is 0.131. The van der Waals surface area contributed by atoms with E-state index >= 15 is 0 Å². The first-order valence-corrected chi connectivity index (χ1v) is 7.77. The second-order valence-corrected chi connectivity index (χ2v) is 6.59. The smallest absolute Gasteiger partial charge is 0.269 e. The number of nitro benzene ring substituents is 1. The maximum absolute atomic E-state index is 10.6. The molecule has 3 atom stereocenters. The topological polar surface area (TPSA) is 52.4 Å². The van der Waals surface area contributed by atoms with Gasteiger partial charge in [-0.25, -0.2) is 0 Å². The van der Waals surface area contributed by atoms with E-state index in [9.17, 15) is 10.1 Å². The van der Waals surface area contributed by atoms with Crippen molar-refractivity contribution in [3.63, 3.8) is 0 Å². The van der Waals surface area contributed by atoms with Crippen LogP contribution in [0.4, 0.5) is 5.69 Å². The quantitative estimate of drug-likeness (QED) is 0.615. The van der Waals surface area contributed by atoms with Gasteiger partial charge in [-0.15, -0.1) is 0 Å². The van der Waals surface area contributed by atoms with Crippen molar-refractivity contribution < 1.29 is 9.66 Å². The van der Waals surface area contributed by atoms with Crippen LogP contribution in [0, 0.1) is 27.4 Å². The number of hydrogen-bond acceptors (Lipinski definition) is 3. The van der Waals surface area contributed by atoms with E-state index in [0.717, 1.165) is 11.5 Å². The SMILES string of the molecule is O=[N+]([O-])c1ccc(COC2=CC[C@]34CCCC[C@H]3[C@H]24)cc1. The number of rotatable bonds is 4. The highest BCUT2D eigenvalue weighted by atomic mass is 16.6. The van der Waals surface area contributed by atoms with E-state index in [1.807, 2.05) is 0 Å². The minimum Gasteiger partial charge on any atom is -0.493 e. The van der Waals surface area contributed by atoms with Crippen LogP contribution in [0.1, 0.15) is 37.7 Å². The molecule has 0 amide bonds. The van der Waals surface area contributed by atoms with Crippen LogP contribution in [0.3, 0.4) is 0 Å². The molecule has 4 heteroatoms. The number of hydrogen-bond donors (Lipinski definition) is 0. The third kappa shape index (κ3) is 1.96. The molecule has 110 valence electrons. The summed E-state index contributed by atoms with van der Waals surface area (Å²) in [6, 6.07) is 6.65. The molecule has 1 aromatic carbocycles. The highest BCUT2D eigenvalue weighted by Crippen LogP contribution is 2.74. The van der Waals surface area contributed by atoms with Gasteiger partial charge in [0.25, 0.3) is 5.69 Å². The molecule has 0 radical (unpaired) electrons. The van der Waals surface area contributed by atoms with Crippen LogP contribution in [0.25, 0.3) is 0 Å². The van der Waals surface area contributed by atoms with Gasteiger partial charge in [0.1, 0.15) is 6.61 Å². The van der Waals surface area contributed by atoms with Crippen LogP contribution in [-0.2, 0) is 11.3 Å². The summed E-state index contributed by atoms with van der Waals surface area (Å²) in [5.41, 5.74) is 1.68. The van der Waals surface area contributed by atoms with Gasteiger partial charge < -0.3 is 4.74 Å². The second kappa shape index (κ2) is 4.58. The fraction of sp³-hybridized carbons (Fsp3) is 0.529. The van der Waals surface area contributed by atoms with Crippen molar-refractivity contribution in [1.29, 1.82) is 0 Å². The molecule has 0 aromatic heterocycles. The number of allylic oxidation sites excluding steroid dienone is 2. The Bertz CT molecular complexity index is 607. The Morgan fingerprint density at radius 2 is 2.10 bits per heavy atom. The third-order valence-electron chi connectivity index (χ3n) is 5.60. The van der Waals surface area contributed by atoms with Crippen LogP contribution >= 0.6 is 0 Å². The lowest BCUT2D eigenvalue weighted by Gasteiger charge is -2.18. The summed E-state index contributed by atoms with van der Waals surface area (Å²) < 4.78 is 6.02. The predicted octanol–water partition coefficient (Wildman–Crippen LogP) is 4.21. The van der Waals surface area contributed by atoms with Crippen molar-refractivity contribution in [2.45, 2.75) is 38.7 Å². The summed E-state index contributed by atoms with van der Waals surface area (Å²) in [6.45, 7) is 0.517. The molecule has 4 rings (SSSR count). The first kappa shape index (κ1) is 12.9. The van der Waals surface area contributed by atoms with E-state index in [1.165, 1.54) is 37.9 Å². The first-order valence-electron chi connectivity index (χ1n) is 7.77. The Morgan fingerprint density at radius 1 is 1.29 bits per heavy atom. The molecule has 1 spiro atoms. The van der Waals surface area contributed by atoms with E-state index in [4.69, 9.17) is 4.74 Å². The van der Waals surface area contributed by atoms with Gasteiger partial charge >= 0.3 is 0 Å². The molecule has 2 fully saturated rings. The molecule has 0 aliphatic heterocycles. The summed E-state index contributed by atoms with van der Waals surface area (Å²) in [5.74, 6) is 2.71. The first-order chi connectivity index (χ1) is 10.2. The number of non-ortho nitro benzene ring substituents is 1. The number of nitrogens with zero attached hydrogens (tertiary/aromatic N) is 1. The lowest BCUT2D eigenvalue weighted by atomic mass is 9.87. The van der Waals surface area contributed by atoms with Gasteiger partial charge in [0, 0.05) is 18.1 Å². The maximum atomic E-state index is 10.6. The van der Waals surface area contributed by atoms with E-state index in [0.29, 0.717) is 17.9 Å². The summed E-state index contributed by atoms with van der Waals surface area (Å²) >= 11 is 0. The minimum atomic E-state index is -0.372. The molecule has 21 heavy (non-hydrogen) atoms. The number of ether oxygens (including phenoxy) is 1. The molecular formula is C17H19NO3. The van der Waals surface area contributed by atoms with Crippen molar-refractivity contribution in [2.24, 2.45) is 17.3 Å². The molecule has 2 saturated carbocycles. The van der Waals surface area contributed by atoms with Crippen molar-refractivity contribution in [2.75, 3.05) is 0 Å². The maximum Gasteiger partial charge on any atom is 0.269 e. The molecule has 0 bridgehead atoms. The Morgan fingerprint density at radius 3 is 2.81 bits per heavy atom. The van der Waals surface area contributed by atoms with E-state index in [1.54, 1.807) is 24.3 Å². The largest absolute Gasteiger partial charge is 0.493 e. The summed E-state index contributed by atoms with van der Waals surface area (Å²) in [6.07, 6.45) is 8.94. The predicted molar refractivity (Wildman–Crippen MR) is 78.5 cm³/mol. The number of nitro groups is 1. The Hall–Kier alpha value is -1.84. The number of fused-ring (bicyclic) bond motifs is 1. The second-order valence-electron chi connectivity index (χ2n) is 6.59. The van der Waals surface area contributed by atoms with Gasteiger partial charge in [0.15, 0.2) is 0 Å². The Balaban J connectivity index is 1.38. The molecule has 0 saturated heterocycles. The summed E-state index contributed by atoms with van der Waals surface area (Å²) in [4.78, 5) is 10.3. The average Bonchev–Trinajstić information content (AvgIpc) is 3.04. The van der Waals surface area contributed by atoms with Crippen LogP contribution < -0.4 is 0 Å². The van der Waals surface area contributed by atoms with Gasteiger partial charge in [-0.1, -0.05) is 12.8 Å². The third-order valence-corrected chi connectivity index (χ3v) is 5.60. The lowest BCUT2D eigenvalue weighted by Crippen LogP contribution is -2.07. The van der Waals surface area contributed by atoms with Gasteiger partial charge in [0.05, 0.1) is 10.7 Å². The lowest BCUT2D eigenvalue weighted by molar-refractivity contribution is -0.384. The fourth-order valence-electron chi connectivity index (χ4n) is 4.50. The van der Waals surface area contributed by atoms with Gasteiger partial charge in [-0.3, -0.25) is 10.1 Å². The fourth-order valence-corrected chi connectivity index (χ4v) is 4.50. The number of benzene rings is 1. The summed E-state index contributed by atoms with van der Waals surface area (Å²) in [5, 5.41) is 10.6. The van der Waals surface area contributed by atoms with Gasteiger partial charge in [-0.05, 0) is 54.4 Å². The molecule has 3 aliphatic carbocycles. The Labute approximate surface area is 124 Å². The van der Waals surface area contributed by atoms with Gasteiger partial charge in [-0.2, -0.15) is 0 Å². The molecule has 0 unspecified atom stereocenters. The van der Waals surface area contributed by atoms with Crippen molar-refractivity contribution in [3.8, 4) is 0 Å². The molecule has 0 N–H and O–H groups in total. The zero-order valence-electron chi connectivity index (χ0n) is 12.0. The van der Waals surface area contributed by atoms with E-state index in [2.05, 4.69) is 6.08 Å². The van der Waals surface area contributed by atoms with Crippen LogP contribution in [-0.4, -0.2) is 4.92 Å². The highest BCUT2D eigenvalue weighted by molar-refractivity contribution is 5.34. The van der Waals surface area contributed by atoms with Crippen LogP contribution in [0.15, 0.2) is 36.1 Å². The summed E-state index contributed by atoms with van der Waals surface area (Å²) in [7, 11) is 0.